The molecule has 10 heteroatoms. The van der Waals surface area contributed by atoms with Gasteiger partial charge in [-0.1, -0.05) is 12.1 Å². The van der Waals surface area contributed by atoms with Crippen LogP contribution >= 0.6 is 0 Å². The smallest absolute Gasteiger partial charge is 0.253 e. The van der Waals surface area contributed by atoms with Gasteiger partial charge in [-0.15, -0.1) is 0 Å². The van der Waals surface area contributed by atoms with Crippen LogP contribution in [-0.4, -0.2) is 78.3 Å². The Hall–Kier alpha value is -2.79. The molecule has 5 rings (SSSR count). The van der Waals surface area contributed by atoms with E-state index in [1.807, 2.05) is 7.05 Å². The molecule has 168 valence electrons. The van der Waals surface area contributed by atoms with E-state index in [2.05, 4.69) is 15.2 Å². The van der Waals surface area contributed by atoms with Gasteiger partial charge in [0.25, 0.3) is 5.91 Å². The standard InChI is InChI=1S/C22H25N5O4S/c1-25-10-11-31-22(14-25)15-27(16-22)32(29,30)19-5-2-17(3-6-19)12-24-21(28)18-4-7-20-23-8-9-26(20)13-18/h2-9,13H,10-12,14-16H2,1H3,(H,24,28). The average molecular weight is 456 g/mol. The first-order valence-electron chi connectivity index (χ1n) is 10.5. The lowest BCUT2D eigenvalue weighted by Crippen LogP contribution is -2.70. The van der Waals surface area contributed by atoms with Gasteiger partial charge >= 0.3 is 0 Å². The van der Waals surface area contributed by atoms with Crippen LogP contribution in [-0.2, 0) is 21.3 Å². The molecule has 1 amide bonds. The Morgan fingerprint density at radius 1 is 1.16 bits per heavy atom. The normalized spacial score (nSPS) is 19.2. The average Bonchev–Trinajstić information content (AvgIpc) is 3.24. The number of imidazole rings is 1. The van der Waals surface area contributed by atoms with Crippen molar-refractivity contribution in [1.29, 1.82) is 0 Å². The number of hydrogen-bond donors (Lipinski definition) is 1. The number of fused-ring (bicyclic) bond motifs is 1. The molecular weight excluding hydrogens is 430 g/mol. The van der Waals surface area contributed by atoms with Crippen LogP contribution in [0.4, 0.5) is 0 Å². The van der Waals surface area contributed by atoms with Crippen LogP contribution < -0.4 is 5.32 Å². The molecule has 0 bridgehead atoms. The molecular formula is C22H25N5O4S. The van der Waals surface area contributed by atoms with Crippen LogP contribution in [0.1, 0.15) is 15.9 Å². The molecule has 2 fully saturated rings. The first kappa shape index (κ1) is 21.1. The van der Waals surface area contributed by atoms with E-state index in [-0.39, 0.29) is 16.4 Å². The minimum Gasteiger partial charge on any atom is -0.370 e. The van der Waals surface area contributed by atoms with Crippen LogP contribution in [0.5, 0.6) is 0 Å². The fourth-order valence-electron chi connectivity index (χ4n) is 4.26. The number of amides is 1. The van der Waals surface area contributed by atoms with E-state index in [1.165, 1.54) is 4.31 Å². The summed E-state index contributed by atoms with van der Waals surface area (Å²) in [6, 6.07) is 10.1. The van der Waals surface area contributed by atoms with Crippen molar-refractivity contribution in [3.63, 3.8) is 0 Å². The summed E-state index contributed by atoms with van der Waals surface area (Å²) in [5.74, 6) is -0.208. The fraction of sp³-hybridized carbons (Fsp3) is 0.364. The number of morpholine rings is 1. The van der Waals surface area contributed by atoms with Gasteiger partial charge in [-0.25, -0.2) is 13.4 Å². The SMILES string of the molecule is CN1CCOC2(C1)CN(S(=O)(=O)c1ccc(CNC(=O)c3ccc4nccn4c3)cc1)C2. The van der Waals surface area contributed by atoms with Crippen molar-refractivity contribution in [2.45, 2.75) is 17.0 Å². The summed E-state index contributed by atoms with van der Waals surface area (Å²) in [4.78, 5) is 19.0. The van der Waals surface area contributed by atoms with Crippen LogP contribution in [0.15, 0.2) is 59.9 Å². The molecule has 1 N–H and O–H groups in total. The molecule has 9 nitrogen and oxygen atoms in total. The van der Waals surface area contributed by atoms with Crippen LogP contribution in [0.2, 0.25) is 0 Å². The summed E-state index contributed by atoms with van der Waals surface area (Å²) in [5.41, 5.74) is 1.73. The van der Waals surface area contributed by atoms with Crippen molar-refractivity contribution >= 4 is 21.6 Å². The number of benzene rings is 1. The maximum atomic E-state index is 12.9. The Bertz CT molecular complexity index is 1250. The zero-order valence-corrected chi connectivity index (χ0v) is 18.6. The summed E-state index contributed by atoms with van der Waals surface area (Å²) >= 11 is 0. The monoisotopic (exact) mass is 455 g/mol. The third-order valence-electron chi connectivity index (χ3n) is 6.03. The molecule has 3 aromatic rings. The van der Waals surface area contributed by atoms with E-state index in [9.17, 15) is 13.2 Å². The second kappa shape index (κ2) is 7.96. The highest BCUT2D eigenvalue weighted by molar-refractivity contribution is 7.89. The lowest BCUT2D eigenvalue weighted by Gasteiger charge is -2.52. The number of likely N-dealkylation sites (N-methyl/N-ethyl adjacent to an activating group) is 1. The van der Waals surface area contributed by atoms with Crippen LogP contribution in [0.3, 0.4) is 0 Å². The third kappa shape index (κ3) is 3.90. The van der Waals surface area contributed by atoms with E-state index in [4.69, 9.17) is 4.74 Å². The largest absolute Gasteiger partial charge is 0.370 e. The number of nitrogens with one attached hydrogen (secondary N) is 1. The molecule has 0 atom stereocenters. The third-order valence-corrected chi connectivity index (χ3v) is 7.84. The Morgan fingerprint density at radius 2 is 1.94 bits per heavy atom. The van der Waals surface area contributed by atoms with E-state index >= 15 is 0 Å². The number of nitrogens with zero attached hydrogens (tertiary/aromatic N) is 4. The topological polar surface area (TPSA) is 96.2 Å². The van der Waals surface area contributed by atoms with Crippen molar-refractivity contribution in [3.8, 4) is 0 Å². The van der Waals surface area contributed by atoms with Gasteiger partial charge in [0.05, 0.1) is 17.1 Å². The number of hydrogen-bond acceptors (Lipinski definition) is 6. The molecule has 0 unspecified atom stereocenters. The fourth-order valence-corrected chi connectivity index (χ4v) is 5.85. The van der Waals surface area contributed by atoms with E-state index in [1.54, 1.807) is 59.4 Å². The minimum atomic E-state index is -3.56. The van der Waals surface area contributed by atoms with E-state index in [0.717, 1.165) is 24.3 Å². The summed E-state index contributed by atoms with van der Waals surface area (Å²) in [5, 5.41) is 2.86. The molecule has 2 aliphatic rings. The number of ether oxygens (including phenoxy) is 1. The molecule has 1 aromatic carbocycles. The van der Waals surface area contributed by atoms with Gasteiger partial charge in [-0.3, -0.25) is 4.79 Å². The van der Waals surface area contributed by atoms with Crippen molar-refractivity contribution in [2.24, 2.45) is 0 Å². The van der Waals surface area contributed by atoms with Gasteiger partial charge in [0, 0.05) is 51.3 Å². The number of carbonyl (C=O) groups is 1. The van der Waals surface area contributed by atoms with Gasteiger partial charge in [0.2, 0.25) is 10.0 Å². The summed E-state index contributed by atoms with van der Waals surface area (Å²) in [6.07, 6.45) is 5.18. The highest BCUT2D eigenvalue weighted by Gasteiger charge is 2.51. The molecule has 2 saturated heterocycles. The zero-order chi connectivity index (χ0) is 22.3. The quantitative estimate of drug-likeness (QED) is 0.616. The molecule has 2 aromatic heterocycles. The van der Waals surface area contributed by atoms with Gasteiger partial charge < -0.3 is 19.4 Å². The van der Waals surface area contributed by atoms with Gasteiger partial charge in [0.1, 0.15) is 11.2 Å². The summed E-state index contributed by atoms with van der Waals surface area (Å²) in [7, 11) is -1.54. The Kier molecular flexibility index (Phi) is 5.25. The molecule has 4 heterocycles. The summed E-state index contributed by atoms with van der Waals surface area (Å²) in [6.45, 7) is 3.28. The predicted octanol–water partition coefficient (Wildman–Crippen LogP) is 0.969. The molecule has 1 spiro atoms. The molecule has 0 aliphatic carbocycles. The number of rotatable bonds is 5. The Morgan fingerprint density at radius 3 is 2.69 bits per heavy atom. The zero-order valence-electron chi connectivity index (χ0n) is 17.8. The highest BCUT2D eigenvalue weighted by atomic mass is 32.2. The second-order valence-corrected chi connectivity index (χ2v) is 10.4. The van der Waals surface area contributed by atoms with E-state index < -0.39 is 10.0 Å². The predicted molar refractivity (Wildman–Crippen MR) is 118 cm³/mol. The van der Waals surface area contributed by atoms with Crippen molar-refractivity contribution in [1.82, 2.24) is 23.9 Å². The number of pyridine rings is 1. The van der Waals surface area contributed by atoms with Gasteiger partial charge in [-0.2, -0.15) is 4.31 Å². The molecule has 32 heavy (non-hydrogen) atoms. The number of aromatic nitrogens is 2. The lowest BCUT2D eigenvalue weighted by atomic mass is 9.95. The van der Waals surface area contributed by atoms with Gasteiger partial charge in [-0.05, 0) is 36.9 Å². The molecule has 0 radical (unpaired) electrons. The Balaban J connectivity index is 1.20. The molecule has 2 aliphatic heterocycles. The first-order valence-corrected chi connectivity index (χ1v) is 11.9. The maximum Gasteiger partial charge on any atom is 0.253 e. The van der Waals surface area contributed by atoms with Crippen molar-refractivity contribution in [3.05, 3.63) is 66.1 Å². The maximum absolute atomic E-state index is 12.9. The van der Waals surface area contributed by atoms with Crippen LogP contribution in [0, 0.1) is 0 Å². The van der Waals surface area contributed by atoms with E-state index in [0.29, 0.717) is 31.8 Å². The van der Waals surface area contributed by atoms with Crippen molar-refractivity contribution < 1.29 is 17.9 Å². The van der Waals surface area contributed by atoms with Crippen molar-refractivity contribution in [2.75, 3.05) is 39.8 Å². The number of sulfonamides is 1. The Labute approximate surface area is 186 Å². The number of carbonyl (C=O) groups excluding carboxylic acids is 1. The van der Waals surface area contributed by atoms with Crippen LogP contribution in [0.25, 0.3) is 5.65 Å². The summed E-state index contributed by atoms with van der Waals surface area (Å²) < 4.78 is 35.0. The van der Waals surface area contributed by atoms with Gasteiger partial charge in [0.15, 0.2) is 0 Å². The first-order chi connectivity index (χ1) is 15.3. The minimum absolute atomic E-state index is 0.208. The highest BCUT2D eigenvalue weighted by Crippen LogP contribution is 2.33. The lowest BCUT2D eigenvalue weighted by molar-refractivity contribution is -0.158. The molecule has 0 saturated carbocycles. The second-order valence-electron chi connectivity index (χ2n) is 8.48.